The number of carbonyl (C=O) groups is 1. The zero-order valence-corrected chi connectivity index (χ0v) is 14.3. The fourth-order valence-electron chi connectivity index (χ4n) is 2.86. The maximum Gasteiger partial charge on any atom is 0.258 e. The highest BCUT2D eigenvalue weighted by Gasteiger charge is 2.30. The second kappa shape index (κ2) is 5.59. The first-order valence-electron chi connectivity index (χ1n) is 7.43. The number of ether oxygens (including phenoxy) is 1. The van der Waals surface area contributed by atoms with Gasteiger partial charge in [-0.3, -0.25) is 9.69 Å². The zero-order chi connectivity index (χ0) is 16.8. The van der Waals surface area contributed by atoms with E-state index in [9.17, 15) is 9.18 Å². The molecule has 0 N–H and O–H groups in total. The molecule has 0 fully saturated rings. The first kappa shape index (κ1) is 15.1. The van der Waals surface area contributed by atoms with Crippen LogP contribution in [0.4, 0.5) is 10.1 Å². The molecule has 3 aromatic rings. The van der Waals surface area contributed by atoms with Crippen LogP contribution in [-0.2, 0) is 0 Å². The summed E-state index contributed by atoms with van der Waals surface area (Å²) in [7, 11) is 0. The third kappa shape index (κ3) is 2.36. The number of halogens is 2. The number of nitrogens with zero attached hydrogens (tertiary/aromatic N) is 3. The smallest absolute Gasteiger partial charge is 0.258 e. The number of pyridine rings is 1. The van der Waals surface area contributed by atoms with E-state index in [0.29, 0.717) is 23.6 Å². The molecule has 0 saturated carbocycles. The lowest BCUT2D eigenvalue weighted by Gasteiger charge is -2.35. The van der Waals surface area contributed by atoms with Gasteiger partial charge >= 0.3 is 0 Å². The van der Waals surface area contributed by atoms with Gasteiger partial charge in [0.05, 0.1) is 27.9 Å². The minimum Gasteiger partial charge on any atom is -0.489 e. The van der Waals surface area contributed by atoms with Gasteiger partial charge in [-0.05, 0) is 47.1 Å². The lowest BCUT2D eigenvalue weighted by Crippen LogP contribution is -2.45. The molecule has 1 aromatic carbocycles. The highest BCUT2D eigenvalue weighted by atomic mass is 79.9. The van der Waals surface area contributed by atoms with Crippen LogP contribution in [0, 0.1) is 5.82 Å². The Kier molecular flexibility index (Phi) is 3.53. The van der Waals surface area contributed by atoms with Crippen LogP contribution in [0.2, 0.25) is 0 Å². The first-order chi connectivity index (χ1) is 11.5. The molecule has 2 aromatic heterocycles. The fraction of sp³-hybridized carbons (Fsp3) is 0.176. The molecule has 5 nitrogen and oxygen atoms in total. The van der Waals surface area contributed by atoms with Gasteiger partial charge in [0, 0.05) is 17.8 Å². The van der Waals surface area contributed by atoms with Crippen LogP contribution in [-0.4, -0.2) is 28.2 Å². The van der Waals surface area contributed by atoms with Gasteiger partial charge in [-0.2, -0.15) is 5.10 Å². The second-order valence-electron chi connectivity index (χ2n) is 5.68. The van der Waals surface area contributed by atoms with Gasteiger partial charge in [0.2, 0.25) is 0 Å². The molecule has 0 aliphatic carbocycles. The number of rotatable bonds is 1. The van der Waals surface area contributed by atoms with E-state index in [1.165, 1.54) is 12.1 Å². The molecule has 0 radical (unpaired) electrons. The highest BCUT2D eigenvalue weighted by molar-refractivity contribution is 9.10. The second-order valence-corrected chi connectivity index (χ2v) is 6.54. The van der Waals surface area contributed by atoms with E-state index in [4.69, 9.17) is 4.74 Å². The van der Waals surface area contributed by atoms with Crippen molar-refractivity contribution in [2.24, 2.45) is 0 Å². The van der Waals surface area contributed by atoms with E-state index in [1.54, 1.807) is 40.0 Å². The molecule has 4 rings (SSSR count). The third-order valence-electron chi connectivity index (χ3n) is 4.04. The van der Waals surface area contributed by atoms with Crippen molar-refractivity contribution in [3.63, 3.8) is 0 Å². The molecule has 24 heavy (non-hydrogen) atoms. The summed E-state index contributed by atoms with van der Waals surface area (Å²) in [4.78, 5) is 14.7. The van der Waals surface area contributed by atoms with Crippen LogP contribution in [0.5, 0.6) is 5.75 Å². The number of aromatic nitrogens is 2. The predicted molar refractivity (Wildman–Crippen MR) is 91.1 cm³/mol. The van der Waals surface area contributed by atoms with E-state index in [0.717, 1.165) is 9.99 Å². The number of hydrogen-bond acceptors (Lipinski definition) is 3. The molecule has 0 spiro atoms. The first-order valence-corrected chi connectivity index (χ1v) is 8.22. The Hall–Kier alpha value is -2.41. The summed E-state index contributed by atoms with van der Waals surface area (Å²) in [6.07, 6.45) is 3.42. The molecule has 1 amide bonds. The SMILES string of the molecule is CC1COc2cc(F)ccc2N1C(=O)c1ccn2ncc(Br)c2c1. The van der Waals surface area contributed by atoms with Crippen LogP contribution in [0.15, 0.2) is 47.2 Å². The average molecular weight is 390 g/mol. The zero-order valence-electron chi connectivity index (χ0n) is 12.7. The largest absolute Gasteiger partial charge is 0.489 e. The summed E-state index contributed by atoms with van der Waals surface area (Å²) in [5, 5.41) is 4.18. The van der Waals surface area contributed by atoms with E-state index in [2.05, 4.69) is 21.0 Å². The number of benzene rings is 1. The monoisotopic (exact) mass is 389 g/mol. The summed E-state index contributed by atoms with van der Waals surface area (Å²) in [5.41, 5.74) is 1.92. The lowest BCUT2D eigenvalue weighted by molar-refractivity contribution is 0.0961. The Bertz CT molecular complexity index is 956. The van der Waals surface area contributed by atoms with Crippen LogP contribution in [0.25, 0.3) is 5.52 Å². The summed E-state index contributed by atoms with van der Waals surface area (Å²) in [5.74, 6) is -0.164. The highest BCUT2D eigenvalue weighted by Crippen LogP contribution is 2.35. The van der Waals surface area contributed by atoms with E-state index in [1.807, 2.05) is 6.92 Å². The van der Waals surface area contributed by atoms with Crippen molar-refractivity contribution in [1.29, 1.82) is 0 Å². The average Bonchev–Trinajstić information content (AvgIpc) is 2.95. The summed E-state index contributed by atoms with van der Waals surface area (Å²) >= 11 is 3.42. The Morgan fingerprint density at radius 1 is 1.38 bits per heavy atom. The number of hydrogen-bond donors (Lipinski definition) is 0. The Morgan fingerprint density at radius 3 is 3.04 bits per heavy atom. The van der Waals surface area contributed by atoms with E-state index >= 15 is 0 Å². The minimum absolute atomic E-state index is 0.153. The molecule has 1 unspecified atom stereocenters. The third-order valence-corrected chi connectivity index (χ3v) is 4.65. The molecule has 122 valence electrons. The fourth-order valence-corrected chi connectivity index (χ4v) is 3.25. The number of anilines is 1. The molecule has 1 aliphatic heterocycles. The predicted octanol–water partition coefficient (Wildman–Crippen LogP) is 3.66. The maximum absolute atomic E-state index is 13.4. The molecular weight excluding hydrogens is 377 g/mol. The van der Waals surface area contributed by atoms with Gasteiger partial charge in [0.1, 0.15) is 18.2 Å². The van der Waals surface area contributed by atoms with Crippen molar-refractivity contribution in [3.8, 4) is 5.75 Å². The number of carbonyl (C=O) groups excluding carboxylic acids is 1. The van der Waals surface area contributed by atoms with Gasteiger partial charge in [-0.25, -0.2) is 8.91 Å². The summed E-state index contributed by atoms with van der Waals surface area (Å²) in [6.45, 7) is 2.22. The van der Waals surface area contributed by atoms with Gasteiger partial charge in [0.15, 0.2) is 0 Å². The molecule has 1 aliphatic rings. The molecule has 0 saturated heterocycles. The van der Waals surface area contributed by atoms with Gasteiger partial charge < -0.3 is 4.74 Å². The van der Waals surface area contributed by atoms with Gasteiger partial charge in [-0.15, -0.1) is 0 Å². The Labute approximate surface area is 145 Å². The maximum atomic E-state index is 13.4. The Balaban J connectivity index is 1.79. The van der Waals surface area contributed by atoms with Crippen LogP contribution >= 0.6 is 15.9 Å². The topological polar surface area (TPSA) is 46.8 Å². The van der Waals surface area contributed by atoms with E-state index in [-0.39, 0.29) is 17.8 Å². The van der Waals surface area contributed by atoms with Crippen LogP contribution in [0.1, 0.15) is 17.3 Å². The molecule has 7 heteroatoms. The number of amides is 1. The van der Waals surface area contributed by atoms with E-state index < -0.39 is 0 Å². The molecular formula is C17H13BrFN3O2. The Morgan fingerprint density at radius 2 is 2.21 bits per heavy atom. The van der Waals surface area contributed by atoms with Crippen molar-refractivity contribution in [1.82, 2.24) is 9.61 Å². The van der Waals surface area contributed by atoms with Gasteiger partial charge in [0.25, 0.3) is 5.91 Å². The summed E-state index contributed by atoms with van der Waals surface area (Å²) in [6, 6.07) is 7.56. The lowest BCUT2D eigenvalue weighted by atomic mass is 10.1. The molecule has 1 atom stereocenters. The standard InChI is InChI=1S/C17H13BrFN3O2/c1-10-9-24-16-7-12(19)2-3-14(16)22(10)17(23)11-4-5-21-15(6-11)13(18)8-20-21/h2-8,10H,9H2,1H3. The van der Waals surface area contributed by atoms with Crippen LogP contribution < -0.4 is 9.64 Å². The van der Waals surface area contributed by atoms with Crippen molar-refractivity contribution in [3.05, 3.63) is 58.6 Å². The molecule has 0 bridgehead atoms. The quantitative estimate of drug-likeness (QED) is 0.637. The number of fused-ring (bicyclic) bond motifs is 2. The van der Waals surface area contributed by atoms with Crippen molar-refractivity contribution >= 4 is 33.0 Å². The van der Waals surface area contributed by atoms with Gasteiger partial charge in [-0.1, -0.05) is 0 Å². The normalized spacial score (nSPS) is 16.8. The minimum atomic E-state index is -0.389. The van der Waals surface area contributed by atoms with Crippen LogP contribution in [0.3, 0.4) is 0 Å². The van der Waals surface area contributed by atoms with Crippen molar-refractivity contribution < 1.29 is 13.9 Å². The summed E-state index contributed by atoms with van der Waals surface area (Å²) < 4.78 is 21.5. The van der Waals surface area contributed by atoms with Crippen molar-refractivity contribution in [2.75, 3.05) is 11.5 Å². The molecule has 3 heterocycles. The van der Waals surface area contributed by atoms with Crippen molar-refractivity contribution in [2.45, 2.75) is 13.0 Å².